The van der Waals surface area contributed by atoms with E-state index in [1.807, 2.05) is 0 Å². The van der Waals surface area contributed by atoms with Crippen LogP contribution in [0.3, 0.4) is 0 Å². The fourth-order valence-electron chi connectivity index (χ4n) is 1.32. The van der Waals surface area contributed by atoms with Gasteiger partial charge < -0.3 is 0 Å². The van der Waals surface area contributed by atoms with E-state index in [-0.39, 0.29) is 0 Å². The standard InChI is InChI=1S/C12H25/c1-6-10(3)8-9-12(5)11(4)7-2/h10-12H,2,6-9H2,1,3-5H3. The summed E-state index contributed by atoms with van der Waals surface area (Å²) in [7, 11) is 0. The lowest BCUT2D eigenvalue weighted by Gasteiger charge is -2.19. The van der Waals surface area contributed by atoms with Crippen molar-refractivity contribution in [3.8, 4) is 0 Å². The highest BCUT2D eigenvalue weighted by molar-refractivity contribution is 4.64. The molecule has 0 aromatic rings. The molecule has 0 rings (SSSR count). The van der Waals surface area contributed by atoms with Crippen LogP contribution < -0.4 is 0 Å². The van der Waals surface area contributed by atoms with E-state index in [9.17, 15) is 0 Å². The maximum absolute atomic E-state index is 3.95. The van der Waals surface area contributed by atoms with Gasteiger partial charge in [-0.3, -0.25) is 0 Å². The van der Waals surface area contributed by atoms with Crippen LogP contribution in [-0.2, 0) is 0 Å². The maximum atomic E-state index is 3.95. The number of rotatable bonds is 6. The summed E-state index contributed by atoms with van der Waals surface area (Å²) in [5.41, 5.74) is 0. The molecule has 0 heterocycles. The van der Waals surface area contributed by atoms with Crippen molar-refractivity contribution in [2.75, 3.05) is 0 Å². The minimum absolute atomic E-state index is 0.800. The zero-order valence-electron chi connectivity index (χ0n) is 9.27. The van der Waals surface area contributed by atoms with Gasteiger partial charge in [0.25, 0.3) is 0 Å². The summed E-state index contributed by atoms with van der Waals surface area (Å²) in [6.07, 6.45) is 5.18. The molecule has 0 heteroatoms. The molecule has 0 amide bonds. The van der Waals surface area contributed by atoms with Crippen LogP contribution in [0.1, 0.15) is 53.4 Å². The van der Waals surface area contributed by atoms with Gasteiger partial charge in [-0.05, 0) is 17.8 Å². The molecule has 12 heavy (non-hydrogen) atoms. The van der Waals surface area contributed by atoms with E-state index in [4.69, 9.17) is 0 Å². The van der Waals surface area contributed by atoms with Gasteiger partial charge in [-0.2, -0.15) is 0 Å². The molecule has 73 valence electrons. The first-order valence-corrected chi connectivity index (χ1v) is 5.41. The molecule has 0 aliphatic heterocycles. The van der Waals surface area contributed by atoms with Crippen LogP contribution in [0, 0.1) is 24.7 Å². The monoisotopic (exact) mass is 169 g/mol. The van der Waals surface area contributed by atoms with E-state index in [1.54, 1.807) is 0 Å². The van der Waals surface area contributed by atoms with Crippen molar-refractivity contribution in [2.24, 2.45) is 17.8 Å². The Morgan fingerprint density at radius 3 is 2.00 bits per heavy atom. The van der Waals surface area contributed by atoms with Gasteiger partial charge in [0, 0.05) is 0 Å². The summed E-state index contributed by atoms with van der Waals surface area (Å²) in [6.45, 7) is 13.3. The van der Waals surface area contributed by atoms with Gasteiger partial charge in [0.2, 0.25) is 0 Å². The quantitative estimate of drug-likeness (QED) is 0.556. The average Bonchev–Trinajstić information content (AvgIpc) is 2.11. The van der Waals surface area contributed by atoms with E-state index in [0.29, 0.717) is 0 Å². The van der Waals surface area contributed by atoms with Crippen LogP contribution in [0.4, 0.5) is 0 Å². The summed E-state index contributed by atoms with van der Waals surface area (Å²) < 4.78 is 0. The van der Waals surface area contributed by atoms with Crippen molar-refractivity contribution in [3.63, 3.8) is 0 Å². The van der Waals surface area contributed by atoms with Crippen LogP contribution in [0.5, 0.6) is 0 Å². The second kappa shape index (κ2) is 6.51. The molecule has 0 nitrogen and oxygen atoms in total. The second-order valence-corrected chi connectivity index (χ2v) is 4.33. The zero-order chi connectivity index (χ0) is 9.56. The van der Waals surface area contributed by atoms with Crippen molar-refractivity contribution in [1.29, 1.82) is 0 Å². The molecule has 0 saturated heterocycles. The Balaban J connectivity index is 3.49. The minimum atomic E-state index is 0.800. The van der Waals surface area contributed by atoms with Crippen LogP contribution in [0.15, 0.2) is 0 Å². The first-order chi connectivity index (χ1) is 5.61. The predicted molar refractivity (Wildman–Crippen MR) is 57.0 cm³/mol. The summed E-state index contributed by atoms with van der Waals surface area (Å²) in [5.74, 6) is 2.56. The third-order valence-electron chi connectivity index (χ3n) is 3.24. The molecular formula is C12H25. The highest BCUT2D eigenvalue weighted by atomic mass is 14.2. The third-order valence-corrected chi connectivity index (χ3v) is 3.24. The molecular weight excluding hydrogens is 144 g/mol. The first kappa shape index (κ1) is 12.0. The van der Waals surface area contributed by atoms with Gasteiger partial charge in [0.1, 0.15) is 0 Å². The zero-order valence-corrected chi connectivity index (χ0v) is 9.27. The average molecular weight is 169 g/mol. The molecule has 0 fully saturated rings. The molecule has 3 unspecified atom stereocenters. The Bertz CT molecular complexity index is 96.2. The van der Waals surface area contributed by atoms with E-state index >= 15 is 0 Å². The van der Waals surface area contributed by atoms with Crippen LogP contribution >= 0.6 is 0 Å². The van der Waals surface area contributed by atoms with Crippen molar-refractivity contribution in [1.82, 2.24) is 0 Å². The Morgan fingerprint density at radius 2 is 1.58 bits per heavy atom. The van der Waals surface area contributed by atoms with Crippen LogP contribution in [0.2, 0.25) is 0 Å². The molecule has 0 aliphatic carbocycles. The molecule has 0 aromatic carbocycles. The molecule has 0 aromatic heterocycles. The Labute approximate surface area is 78.8 Å². The number of hydrogen-bond acceptors (Lipinski definition) is 0. The van der Waals surface area contributed by atoms with Gasteiger partial charge in [-0.15, -0.1) is 0 Å². The predicted octanol–water partition coefficient (Wildman–Crippen LogP) is 4.31. The SMILES string of the molecule is [CH2]CC(C)C(C)CCC(C)CC. The molecule has 0 aliphatic rings. The van der Waals surface area contributed by atoms with Crippen molar-refractivity contribution >= 4 is 0 Å². The summed E-state index contributed by atoms with van der Waals surface area (Å²) in [5, 5.41) is 0. The highest BCUT2D eigenvalue weighted by Crippen LogP contribution is 2.22. The fraction of sp³-hybridized carbons (Fsp3) is 0.917. The van der Waals surface area contributed by atoms with E-state index in [2.05, 4.69) is 34.6 Å². The lowest BCUT2D eigenvalue weighted by atomic mass is 9.87. The van der Waals surface area contributed by atoms with Gasteiger partial charge in [0.15, 0.2) is 0 Å². The van der Waals surface area contributed by atoms with Gasteiger partial charge >= 0.3 is 0 Å². The largest absolute Gasteiger partial charge is 0.0651 e. The molecule has 0 bridgehead atoms. The second-order valence-electron chi connectivity index (χ2n) is 4.33. The first-order valence-electron chi connectivity index (χ1n) is 5.41. The molecule has 0 N–H and O–H groups in total. The lowest BCUT2D eigenvalue weighted by molar-refractivity contribution is 0.330. The van der Waals surface area contributed by atoms with Crippen molar-refractivity contribution < 1.29 is 0 Å². The minimum Gasteiger partial charge on any atom is -0.0651 e. The smallest absolute Gasteiger partial charge is 0.0417 e. The van der Waals surface area contributed by atoms with E-state index in [1.165, 1.54) is 19.3 Å². The Hall–Kier alpha value is 0. The van der Waals surface area contributed by atoms with Gasteiger partial charge in [0.05, 0.1) is 0 Å². The van der Waals surface area contributed by atoms with E-state index < -0.39 is 0 Å². The normalized spacial score (nSPS) is 18.8. The Kier molecular flexibility index (Phi) is 6.51. The lowest BCUT2D eigenvalue weighted by Crippen LogP contribution is -2.08. The van der Waals surface area contributed by atoms with E-state index in [0.717, 1.165) is 24.2 Å². The topological polar surface area (TPSA) is 0 Å². The van der Waals surface area contributed by atoms with Gasteiger partial charge in [-0.1, -0.05) is 60.3 Å². The summed E-state index contributed by atoms with van der Waals surface area (Å²) in [6, 6.07) is 0. The molecule has 3 atom stereocenters. The maximum Gasteiger partial charge on any atom is -0.0417 e. The van der Waals surface area contributed by atoms with Gasteiger partial charge in [-0.25, -0.2) is 0 Å². The van der Waals surface area contributed by atoms with Crippen LogP contribution in [0.25, 0.3) is 0 Å². The molecule has 1 radical (unpaired) electrons. The third kappa shape index (κ3) is 4.79. The number of hydrogen-bond donors (Lipinski definition) is 0. The summed E-state index contributed by atoms with van der Waals surface area (Å²) >= 11 is 0. The fourth-order valence-corrected chi connectivity index (χ4v) is 1.32. The van der Waals surface area contributed by atoms with Crippen molar-refractivity contribution in [2.45, 2.75) is 53.4 Å². The summed E-state index contributed by atoms with van der Waals surface area (Å²) in [4.78, 5) is 0. The highest BCUT2D eigenvalue weighted by Gasteiger charge is 2.10. The molecule has 0 spiro atoms. The van der Waals surface area contributed by atoms with Crippen molar-refractivity contribution in [3.05, 3.63) is 6.92 Å². The van der Waals surface area contributed by atoms with Crippen LogP contribution in [-0.4, -0.2) is 0 Å². The Morgan fingerprint density at radius 1 is 1.00 bits per heavy atom. The molecule has 0 saturated carbocycles.